The average Bonchev–Trinajstić information content (AvgIpc) is 3.27. The van der Waals surface area contributed by atoms with Crippen LogP contribution < -0.4 is 10.6 Å². The summed E-state index contributed by atoms with van der Waals surface area (Å²) in [6.45, 7) is 2.56. The molecule has 1 aliphatic rings. The fourth-order valence-electron chi connectivity index (χ4n) is 2.37. The molecule has 0 saturated carbocycles. The number of carbonyl (C=O) groups is 2. The Hall–Kier alpha value is -2.86. The van der Waals surface area contributed by atoms with Crippen LogP contribution in [0.25, 0.3) is 0 Å². The van der Waals surface area contributed by atoms with Crippen LogP contribution in [-0.4, -0.2) is 23.7 Å². The van der Waals surface area contributed by atoms with Crippen LogP contribution in [0.5, 0.6) is 0 Å². The van der Waals surface area contributed by atoms with E-state index in [1.807, 2.05) is 25.1 Å². The van der Waals surface area contributed by atoms with Gasteiger partial charge in [0.1, 0.15) is 5.60 Å². The fourth-order valence-corrected chi connectivity index (χ4v) is 2.37. The maximum absolute atomic E-state index is 12.2. The summed E-state index contributed by atoms with van der Waals surface area (Å²) in [6.07, 6.45) is 0. The van der Waals surface area contributed by atoms with E-state index in [1.165, 1.54) is 6.07 Å². The van der Waals surface area contributed by atoms with E-state index in [4.69, 9.17) is 9.84 Å². The molecule has 1 atom stereocenters. The lowest BCUT2D eigenvalue weighted by atomic mass is 10.0. The fraction of sp³-hybridized carbons (Fsp3) is 0.176. The summed E-state index contributed by atoms with van der Waals surface area (Å²) in [5.41, 5.74) is 1.43. The van der Waals surface area contributed by atoms with Crippen LogP contribution in [0.15, 0.2) is 48.5 Å². The molecule has 2 aromatic carbocycles. The van der Waals surface area contributed by atoms with Gasteiger partial charge in [0.25, 0.3) is 0 Å². The summed E-state index contributed by atoms with van der Waals surface area (Å²) in [5, 5.41) is 14.5. The quantitative estimate of drug-likeness (QED) is 0.756. The molecule has 1 heterocycles. The van der Waals surface area contributed by atoms with E-state index in [0.717, 1.165) is 5.56 Å². The zero-order chi connectivity index (χ0) is 16.4. The third-order valence-electron chi connectivity index (χ3n) is 3.73. The maximum atomic E-state index is 12.2. The highest BCUT2D eigenvalue weighted by molar-refractivity contribution is 6.04. The molecule has 2 amide bonds. The number of benzene rings is 2. The Morgan fingerprint density at radius 2 is 1.61 bits per heavy atom. The van der Waals surface area contributed by atoms with E-state index in [9.17, 15) is 9.59 Å². The lowest BCUT2D eigenvalue weighted by Crippen LogP contribution is -2.22. The number of rotatable bonds is 4. The van der Waals surface area contributed by atoms with E-state index < -0.39 is 12.0 Å². The molecule has 1 aliphatic heterocycles. The van der Waals surface area contributed by atoms with Gasteiger partial charge in [0, 0.05) is 11.3 Å². The van der Waals surface area contributed by atoms with Gasteiger partial charge in [-0.2, -0.15) is 0 Å². The van der Waals surface area contributed by atoms with Crippen molar-refractivity contribution >= 4 is 23.4 Å². The Balaban J connectivity index is 1.78. The number of carboxylic acids is 1. The molecule has 0 radical (unpaired) electrons. The second-order valence-corrected chi connectivity index (χ2v) is 5.49. The number of carboxylic acid groups (broad SMARTS) is 1. The molecule has 0 aliphatic carbocycles. The molecular formula is C17H16N2O4. The van der Waals surface area contributed by atoms with Crippen molar-refractivity contribution in [2.75, 3.05) is 17.2 Å². The van der Waals surface area contributed by atoms with Crippen LogP contribution in [0.3, 0.4) is 0 Å². The highest BCUT2D eigenvalue weighted by atomic mass is 16.6. The molecule has 0 aromatic heterocycles. The van der Waals surface area contributed by atoms with Crippen LogP contribution in [-0.2, 0) is 10.3 Å². The van der Waals surface area contributed by atoms with Gasteiger partial charge in [-0.1, -0.05) is 30.3 Å². The number of anilines is 2. The molecule has 6 heteroatoms. The molecular weight excluding hydrogens is 296 g/mol. The second-order valence-electron chi connectivity index (χ2n) is 5.49. The van der Waals surface area contributed by atoms with E-state index in [2.05, 4.69) is 10.6 Å². The van der Waals surface area contributed by atoms with Crippen LogP contribution >= 0.6 is 0 Å². The third-order valence-corrected chi connectivity index (χ3v) is 3.73. The molecule has 1 saturated heterocycles. The number of aromatic carboxylic acids is 1. The Morgan fingerprint density at radius 3 is 2.26 bits per heavy atom. The molecule has 23 heavy (non-hydrogen) atoms. The van der Waals surface area contributed by atoms with E-state index in [-0.39, 0.29) is 16.9 Å². The summed E-state index contributed by atoms with van der Waals surface area (Å²) in [5.74, 6) is -1.10. The summed E-state index contributed by atoms with van der Waals surface area (Å²) in [7, 11) is 0. The first-order valence-electron chi connectivity index (χ1n) is 7.13. The number of hydrogen-bond donors (Lipinski definition) is 3. The first-order valence-corrected chi connectivity index (χ1v) is 7.13. The number of carbonyl (C=O) groups excluding carboxylic acids is 1. The topological polar surface area (TPSA) is 91.0 Å². The van der Waals surface area contributed by atoms with Gasteiger partial charge in [0.2, 0.25) is 0 Å². The van der Waals surface area contributed by atoms with E-state index in [0.29, 0.717) is 12.3 Å². The summed E-state index contributed by atoms with van der Waals surface area (Å²) < 4.78 is 5.42. The lowest BCUT2D eigenvalue weighted by Gasteiger charge is -2.15. The highest BCUT2D eigenvalue weighted by Crippen LogP contribution is 2.41. The minimum absolute atomic E-state index is 0.0356. The van der Waals surface area contributed by atoms with Crippen LogP contribution in [0.2, 0.25) is 0 Å². The summed E-state index contributed by atoms with van der Waals surface area (Å²) in [6, 6.07) is 13.1. The zero-order valence-corrected chi connectivity index (χ0v) is 12.5. The Labute approximate surface area is 133 Å². The van der Waals surface area contributed by atoms with Gasteiger partial charge in [0.05, 0.1) is 17.9 Å². The van der Waals surface area contributed by atoms with E-state index >= 15 is 0 Å². The molecule has 1 fully saturated rings. The molecule has 2 aromatic rings. The Morgan fingerprint density at radius 1 is 1.04 bits per heavy atom. The van der Waals surface area contributed by atoms with Gasteiger partial charge in [-0.15, -0.1) is 0 Å². The number of urea groups is 1. The molecule has 6 nitrogen and oxygen atoms in total. The standard InChI is InChI=1S/C17H16N2O4/c1-17(10-23-17)12-7-3-5-9-14(12)19-16(22)18-13-8-4-2-6-11(13)15(20)21/h2-9H,10H2,1H3,(H,20,21)(H2,18,19,22). The largest absolute Gasteiger partial charge is 0.478 e. The van der Waals surface area contributed by atoms with E-state index in [1.54, 1.807) is 24.3 Å². The zero-order valence-electron chi connectivity index (χ0n) is 12.5. The van der Waals surface area contributed by atoms with Crippen molar-refractivity contribution in [2.45, 2.75) is 12.5 Å². The van der Waals surface area contributed by atoms with Gasteiger partial charge in [-0.05, 0) is 25.1 Å². The molecule has 3 N–H and O–H groups in total. The SMILES string of the molecule is CC1(c2ccccc2NC(=O)Nc2ccccc2C(=O)O)CO1. The number of hydrogen-bond acceptors (Lipinski definition) is 3. The lowest BCUT2D eigenvalue weighted by molar-refractivity contribution is 0.0698. The Bertz CT molecular complexity index is 769. The van der Waals surface area contributed by atoms with Gasteiger partial charge >= 0.3 is 12.0 Å². The first kappa shape index (κ1) is 15.1. The maximum Gasteiger partial charge on any atom is 0.337 e. The predicted molar refractivity (Wildman–Crippen MR) is 85.8 cm³/mol. The predicted octanol–water partition coefficient (Wildman–Crippen LogP) is 3.27. The Kier molecular flexibility index (Phi) is 3.75. The molecule has 0 spiro atoms. The van der Waals surface area contributed by atoms with Crippen LogP contribution in [0.1, 0.15) is 22.8 Å². The number of epoxide rings is 1. The monoisotopic (exact) mass is 312 g/mol. The molecule has 118 valence electrons. The van der Waals surface area contributed by atoms with Gasteiger partial charge in [-0.25, -0.2) is 9.59 Å². The van der Waals surface area contributed by atoms with Crippen molar-refractivity contribution in [3.8, 4) is 0 Å². The van der Waals surface area contributed by atoms with Gasteiger partial charge in [0.15, 0.2) is 0 Å². The van der Waals surface area contributed by atoms with Gasteiger partial charge in [-0.3, -0.25) is 0 Å². The third kappa shape index (κ3) is 3.17. The van der Waals surface area contributed by atoms with Crippen molar-refractivity contribution in [3.05, 3.63) is 59.7 Å². The molecule has 0 bridgehead atoms. The molecule has 1 unspecified atom stereocenters. The van der Waals surface area contributed by atoms with Crippen molar-refractivity contribution in [1.29, 1.82) is 0 Å². The minimum Gasteiger partial charge on any atom is -0.478 e. The van der Waals surface area contributed by atoms with Crippen molar-refractivity contribution in [1.82, 2.24) is 0 Å². The second kappa shape index (κ2) is 5.73. The molecule has 3 rings (SSSR count). The number of nitrogens with one attached hydrogen (secondary N) is 2. The number of ether oxygens (including phenoxy) is 1. The van der Waals surface area contributed by atoms with Crippen molar-refractivity contribution < 1.29 is 19.4 Å². The normalized spacial score (nSPS) is 19.0. The first-order chi connectivity index (χ1) is 11.0. The number of para-hydroxylation sites is 2. The minimum atomic E-state index is -1.10. The summed E-state index contributed by atoms with van der Waals surface area (Å²) in [4.78, 5) is 23.4. The smallest absolute Gasteiger partial charge is 0.337 e. The average molecular weight is 312 g/mol. The van der Waals surface area contributed by atoms with Crippen molar-refractivity contribution in [2.24, 2.45) is 0 Å². The van der Waals surface area contributed by atoms with Gasteiger partial charge < -0.3 is 20.5 Å². The van der Waals surface area contributed by atoms with Crippen LogP contribution in [0.4, 0.5) is 16.2 Å². The number of amides is 2. The summed E-state index contributed by atoms with van der Waals surface area (Å²) >= 11 is 0. The van der Waals surface area contributed by atoms with Crippen LogP contribution in [0, 0.1) is 0 Å². The van der Waals surface area contributed by atoms with Crippen molar-refractivity contribution in [3.63, 3.8) is 0 Å². The highest BCUT2D eigenvalue weighted by Gasteiger charge is 2.42.